The van der Waals surface area contributed by atoms with Gasteiger partial charge in [0, 0.05) is 24.9 Å². The number of aryl methyl sites for hydroxylation is 1. The van der Waals surface area contributed by atoms with E-state index in [0.29, 0.717) is 12.3 Å². The van der Waals surface area contributed by atoms with Crippen LogP contribution in [0.5, 0.6) is 0 Å². The van der Waals surface area contributed by atoms with Crippen molar-refractivity contribution >= 4 is 5.97 Å². The number of likely N-dealkylation sites (N-methyl/N-ethyl adjacent to an activating group) is 1. The number of methoxy groups -OCH3 is 1. The van der Waals surface area contributed by atoms with Crippen molar-refractivity contribution in [1.82, 2.24) is 14.9 Å². The lowest BCUT2D eigenvalue weighted by Gasteiger charge is -2.15. The number of hydrogen-bond acceptors (Lipinski definition) is 4. The Labute approximate surface area is 102 Å². The predicted molar refractivity (Wildman–Crippen MR) is 65.8 cm³/mol. The summed E-state index contributed by atoms with van der Waals surface area (Å²) in [4.78, 5) is 15.7. The molecule has 1 aromatic heterocycles. The molecule has 17 heavy (non-hydrogen) atoms. The lowest BCUT2D eigenvalue weighted by atomic mass is 10.2. The van der Waals surface area contributed by atoms with Crippen molar-refractivity contribution < 1.29 is 9.53 Å². The van der Waals surface area contributed by atoms with Crippen molar-refractivity contribution in [3.8, 4) is 0 Å². The molecule has 0 aromatic carbocycles. The van der Waals surface area contributed by atoms with Crippen LogP contribution in [-0.4, -0.2) is 35.7 Å². The van der Waals surface area contributed by atoms with Gasteiger partial charge in [-0.25, -0.2) is 4.98 Å². The standard InChI is InChI=1S/C12H21N3O2/c1-9(2)11-14-6-8-15(11)7-5-10(13-3)12(16)17-4/h6,8-10,13H,5,7H2,1-4H3. The summed E-state index contributed by atoms with van der Waals surface area (Å²) in [5.41, 5.74) is 0. The Balaban J connectivity index is 2.59. The smallest absolute Gasteiger partial charge is 0.322 e. The Morgan fingerprint density at radius 3 is 2.82 bits per heavy atom. The number of rotatable bonds is 6. The number of aromatic nitrogens is 2. The predicted octanol–water partition coefficient (Wildman–Crippen LogP) is 1.16. The summed E-state index contributed by atoms with van der Waals surface area (Å²) < 4.78 is 6.81. The Kier molecular flexibility index (Phi) is 5.15. The van der Waals surface area contributed by atoms with Gasteiger partial charge in [0.25, 0.3) is 0 Å². The second kappa shape index (κ2) is 6.39. The molecule has 1 rings (SSSR count). The highest BCUT2D eigenvalue weighted by atomic mass is 16.5. The van der Waals surface area contributed by atoms with E-state index in [0.717, 1.165) is 12.4 Å². The fraction of sp³-hybridized carbons (Fsp3) is 0.667. The van der Waals surface area contributed by atoms with Gasteiger partial charge in [-0.3, -0.25) is 4.79 Å². The Morgan fingerprint density at radius 2 is 2.29 bits per heavy atom. The molecule has 0 amide bonds. The maximum Gasteiger partial charge on any atom is 0.322 e. The molecule has 1 N–H and O–H groups in total. The van der Waals surface area contributed by atoms with Gasteiger partial charge in [0.05, 0.1) is 7.11 Å². The molecule has 1 atom stereocenters. The summed E-state index contributed by atoms with van der Waals surface area (Å²) in [6.45, 7) is 4.97. The molecule has 0 saturated carbocycles. The van der Waals surface area contributed by atoms with Crippen molar-refractivity contribution in [3.63, 3.8) is 0 Å². The van der Waals surface area contributed by atoms with Crippen molar-refractivity contribution in [3.05, 3.63) is 18.2 Å². The lowest BCUT2D eigenvalue weighted by molar-refractivity contribution is -0.143. The molecule has 0 radical (unpaired) electrons. The minimum absolute atomic E-state index is 0.223. The number of carbonyl (C=O) groups is 1. The molecular weight excluding hydrogens is 218 g/mol. The number of nitrogens with one attached hydrogen (secondary N) is 1. The van der Waals surface area contributed by atoms with E-state index in [2.05, 4.69) is 28.7 Å². The fourth-order valence-electron chi connectivity index (χ4n) is 1.80. The first kappa shape index (κ1) is 13.7. The summed E-state index contributed by atoms with van der Waals surface area (Å²) in [5.74, 6) is 1.21. The highest BCUT2D eigenvalue weighted by Crippen LogP contribution is 2.12. The molecule has 0 spiro atoms. The summed E-state index contributed by atoms with van der Waals surface area (Å²) in [5, 5.41) is 2.96. The maximum atomic E-state index is 11.4. The van der Waals surface area contributed by atoms with Crippen LogP contribution in [0.25, 0.3) is 0 Å². The maximum absolute atomic E-state index is 11.4. The average Bonchev–Trinajstić information content (AvgIpc) is 2.77. The molecule has 0 aliphatic rings. The van der Waals surface area contributed by atoms with E-state index >= 15 is 0 Å². The number of esters is 1. The highest BCUT2D eigenvalue weighted by Gasteiger charge is 2.17. The normalized spacial score (nSPS) is 12.8. The fourth-order valence-corrected chi connectivity index (χ4v) is 1.80. The summed E-state index contributed by atoms with van der Waals surface area (Å²) in [7, 11) is 3.17. The van der Waals surface area contributed by atoms with Crippen LogP contribution in [0.15, 0.2) is 12.4 Å². The van der Waals surface area contributed by atoms with Gasteiger partial charge in [-0.05, 0) is 13.5 Å². The second-order valence-corrected chi connectivity index (χ2v) is 4.29. The SMILES string of the molecule is CNC(CCn1ccnc1C(C)C)C(=O)OC. The average molecular weight is 239 g/mol. The van der Waals surface area contributed by atoms with Crippen LogP contribution >= 0.6 is 0 Å². The largest absolute Gasteiger partial charge is 0.468 e. The minimum Gasteiger partial charge on any atom is -0.468 e. The molecule has 5 heteroatoms. The van der Waals surface area contributed by atoms with Crippen LogP contribution in [0.2, 0.25) is 0 Å². The third-order valence-corrected chi connectivity index (χ3v) is 2.76. The van der Waals surface area contributed by atoms with E-state index in [1.54, 1.807) is 13.2 Å². The van der Waals surface area contributed by atoms with Crippen LogP contribution in [0.1, 0.15) is 32.0 Å². The molecule has 1 heterocycles. The molecule has 0 aliphatic carbocycles. The first-order valence-corrected chi connectivity index (χ1v) is 5.86. The zero-order chi connectivity index (χ0) is 12.8. The molecule has 96 valence electrons. The van der Waals surface area contributed by atoms with Crippen LogP contribution in [0.3, 0.4) is 0 Å². The first-order chi connectivity index (χ1) is 8.10. The van der Waals surface area contributed by atoms with Gasteiger partial charge >= 0.3 is 5.97 Å². The van der Waals surface area contributed by atoms with Gasteiger partial charge in [-0.15, -0.1) is 0 Å². The van der Waals surface area contributed by atoms with E-state index in [4.69, 9.17) is 4.74 Å². The lowest BCUT2D eigenvalue weighted by Crippen LogP contribution is -2.36. The van der Waals surface area contributed by atoms with Crippen molar-refractivity contribution in [2.45, 2.75) is 38.8 Å². The van der Waals surface area contributed by atoms with E-state index < -0.39 is 0 Å². The Morgan fingerprint density at radius 1 is 1.59 bits per heavy atom. The zero-order valence-electron chi connectivity index (χ0n) is 10.9. The van der Waals surface area contributed by atoms with Crippen molar-refractivity contribution in [2.75, 3.05) is 14.2 Å². The van der Waals surface area contributed by atoms with E-state index in [9.17, 15) is 4.79 Å². The first-order valence-electron chi connectivity index (χ1n) is 5.86. The highest BCUT2D eigenvalue weighted by molar-refractivity contribution is 5.75. The van der Waals surface area contributed by atoms with Gasteiger partial charge in [-0.1, -0.05) is 13.8 Å². The molecule has 0 bridgehead atoms. The van der Waals surface area contributed by atoms with Crippen molar-refractivity contribution in [2.24, 2.45) is 0 Å². The topological polar surface area (TPSA) is 56.2 Å². The number of nitrogens with zero attached hydrogens (tertiary/aromatic N) is 2. The summed E-state index contributed by atoms with van der Waals surface area (Å²) >= 11 is 0. The second-order valence-electron chi connectivity index (χ2n) is 4.29. The summed E-state index contributed by atoms with van der Waals surface area (Å²) in [6, 6.07) is -0.262. The van der Waals surface area contributed by atoms with Gasteiger partial charge in [-0.2, -0.15) is 0 Å². The van der Waals surface area contributed by atoms with Crippen LogP contribution in [0.4, 0.5) is 0 Å². The van der Waals surface area contributed by atoms with Gasteiger partial charge in [0.1, 0.15) is 11.9 Å². The Bertz CT molecular complexity index is 360. The van der Waals surface area contributed by atoms with Gasteiger partial charge < -0.3 is 14.6 Å². The summed E-state index contributed by atoms with van der Waals surface area (Å²) in [6.07, 6.45) is 4.43. The third-order valence-electron chi connectivity index (χ3n) is 2.76. The number of ether oxygens (including phenoxy) is 1. The Hall–Kier alpha value is -1.36. The number of imidazole rings is 1. The van der Waals surface area contributed by atoms with Crippen LogP contribution < -0.4 is 5.32 Å². The number of carbonyl (C=O) groups excluding carboxylic acids is 1. The minimum atomic E-state index is -0.262. The molecule has 0 saturated heterocycles. The van der Waals surface area contributed by atoms with E-state index in [-0.39, 0.29) is 12.0 Å². The van der Waals surface area contributed by atoms with Crippen LogP contribution in [0, 0.1) is 0 Å². The van der Waals surface area contributed by atoms with Gasteiger partial charge in [0.15, 0.2) is 0 Å². The molecule has 0 fully saturated rings. The monoisotopic (exact) mass is 239 g/mol. The van der Waals surface area contributed by atoms with Gasteiger partial charge in [0.2, 0.25) is 0 Å². The zero-order valence-corrected chi connectivity index (χ0v) is 10.9. The quantitative estimate of drug-likeness (QED) is 0.757. The van der Waals surface area contributed by atoms with E-state index in [1.807, 2.05) is 6.20 Å². The van der Waals surface area contributed by atoms with E-state index in [1.165, 1.54) is 7.11 Å². The number of hydrogen-bond donors (Lipinski definition) is 1. The third kappa shape index (κ3) is 3.56. The van der Waals surface area contributed by atoms with Crippen molar-refractivity contribution in [1.29, 1.82) is 0 Å². The molecule has 1 aromatic rings. The molecule has 0 aliphatic heterocycles. The molecular formula is C12H21N3O2. The molecule has 5 nitrogen and oxygen atoms in total. The van der Waals surface area contributed by atoms with Crippen LogP contribution in [-0.2, 0) is 16.1 Å². The molecule has 1 unspecified atom stereocenters.